The van der Waals surface area contributed by atoms with Crippen molar-refractivity contribution in [3.63, 3.8) is 0 Å². The first-order valence-corrected chi connectivity index (χ1v) is 12.2. The summed E-state index contributed by atoms with van der Waals surface area (Å²) in [5, 5.41) is 7.91. The minimum atomic E-state index is -0.678. The third kappa shape index (κ3) is 5.90. The fourth-order valence-electron chi connectivity index (χ4n) is 3.79. The van der Waals surface area contributed by atoms with E-state index in [9.17, 15) is 14.0 Å². The first-order chi connectivity index (χ1) is 16.5. The molecule has 2 aromatic rings. The van der Waals surface area contributed by atoms with Crippen LogP contribution in [0.4, 0.5) is 15.2 Å². The molecule has 2 fully saturated rings. The molecule has 0 spiro atoms. The molecule has 2 amide bonds. The Kier molecular flexibility index (Phi) is 8.09. The van der Waals surface area contributed by atoms with Crippen LogP contribution in [0.5, 0.6) is 0 Å². The van der Waals surface area contributed by atoms with Crippen LogP contribution in [-0.4, -0.2) is 87.0 Å². The zero-order valence-corrected chi connectivity index (χ0v) is 20.2. The number of carbonyl (C=O) groups excluding carboxylic acids is 2. The van der Waals surface area contributed by atoms with Crippen LogP contribution < -0.4 is 15.5 Å². The van der Waals surface area contributed by atoms with Gasteiger partial charge in [-0.2, -0.15) is 0 Å². The van der Waals surface area contributed by atoms with Crippen molar-refractivity contribution in [3.05, 3.63) is 40.4 Å². The number of alkyl halides is 1. The van der Waals surface area contributed by atoms with E-state index in [2.05, 4.69) is 20.5 Å². The number of hydrogen-bond acceptors (Lipinski definition) is 8. The second-order valence-corrected chi connectivity index (χ2v) is 9.37. The summed E-state index contributed by atoms with van der Waals surface area (Å²) in [5.74, 6) is -0.839. The standard InChI is InChI=1S/C23H30FN5O4S/c1-15(10-24)25-21(30)18-9-16(11-28-5-7-33-8-6-28)3-4-19(18)26-22(31)20-14-34-23(27-20)29-12-17(13-29)32-2/h3-4,9,14-15,17H,5-8,10-13H2,1-2H3,(H,25,30)(H,26,31)/t15-/m1/s1. The second kappa shape index (κ2) is 11.2. The van der Waals surface area contributed by atoms with Crippen LogP contribution in [-0.2, 0) is 16.0 Å². The highest BCUT2D eigenvalue weighted by Crippen LogP contribution is 2.27. The van der Waals surface area contributed by atoms with Gasteiger partial charge < -0.3 is 25.0 Å². The van der Waals surface area contributed by atoms with Crippen LogP contribution in [0.2, 0.25) is 0 Å². The highest BCUT2D eigenvalue weighted by molar-refractivity contribution is 7.14. The molecule has 2 aliphatic heterocycles. The van der Waals surface area contributed by atoms with Crippen LogP contribution in [0.15, 0.2) is 23.6 Å². The molecular formula is C23H30FN5O4S. The molecule has 4 rings (SSSR count). The van der Waals surface area contributed by atoms with Crippen molar-refractivity contribution in [2.24, 2.45) is 0 Å². The number of rotatable bonds is 9. The van der Waals surface area contributed by atoms with Crippen LogP contribution in [0.3, 0.4) is 0 Å². The van der Waals surface area contributed by atoms with E-state index in [1.165, 1.54) is 11.3 Å². The van der Waals surface area contributed by atoms with Gasteiger partial charge in [0, 0.05) is 45.2 Å². The molecule has 11 heteroatoms. The average molecular weight is 492 g/mol. The van der Waals surface area contributed by atoms with Gasteiger partial charge in [-0.15, -0.1) is 11.3 Å². The fourth-order valence-corrected chi connectivity index (χ4v) is 4.61. The van der Waals surface area contributed by atoms with Crippen LogP contribution >= 0.6 is 11.3 Å². The van der Waals surface area contributed by atoms with E-state index < -0.39 is 24.5 Å². The van der Waals surface area contributed by atoms with Crippen molar-refractivity contribution in [2.75, 3.05) is 63.4 Å². The number of amides is 2. The molecule has 0 radical (unpaired) electrons. The third-order valence-electron chi connectivity index (χ3n) is 5.87. The monoisotopic (exact) mass is 491 g/mol. The van der Waals surface area contributed by atoms with E-state index in [0.717, 1.165) is 36.9 Å². The van der Waals surface area contributed by atoms with Crippen molar-refractivity contribution in [3.8, 4) is 0 Å². The summed E-state index contributed by atoms with van der Waals surface area (Å²) >= 11 is 1.39. The van der Waals surface area contributed by atoms with E-state index in [4.69, 9.17) is 9.47 Å². The molecule has 0 saturated carbocycles. The lowest BCUT2D eigenvalue weighted by Crippen LogP contribution is -2.51. The molecule has 2 N–H and O–H groups in total. The number of anilines is 2. The van der Waals surface area contributed by atoms with Gasteiger partial charge in [-0.3, -0.25) is 14.5 Å². The molecule has 1 aromatic heterocycles. The zero-order chi connectivity index (χ0) is 24.1. The minimum Gasteiger partial charge on any atom is -0.379 e. The average Bonchev–Trinajstić information content (AvgIpc) is 3.30. The van der Waals surface area contributed by atoms with Crippen molar-refractivity contribution < 1.29 is 23.5 Å². The maximum absolute atomic E-state index is 13.0. The Morgan fingerprint density at radius 3 is 2.76 bits per heavy atom. The number of methoxy groups -OCH3 is 1. The molecule has 2 aliphatic rings. The highest BCUT2D eigenvalue weighted by Gasteiger charge is 2.29. The molecule has 184 valence electrons. The highest BCUT2D eigenvalue weighted by atomic mass is 32.1. The molecule has 0 unspecified atom stereocenters. The van der Waals surface area contributed by atoms with Gasteiger partial charge in [0.05, 0.1) is 36.6 Å². The van der Waals surface area contributed by atoms with E-state index in [-0.39, 0.29) is 11.8 Å². The Bertz CT molecular complexity index is 1010. The van der Waals surface area contributed by atoms with Crippen LogP contribution in [0, 0.1) is 0 Å². The van der Waals surface area contributed by atoms with Crippen molar-refractivity contribution in [2.45, 2.75) is 25.6 Å². The molecule has 34 heavy (non-hydrogen) atoms. The van der Waals surface area contributed by atoms with E-state index in [0.29, 0.717) is 31.0 Å². The molecular weight excluding hydrogens is 461 g/mol. The number of ether oxygens (including phenoxy) is 2. The number of thiazole rings is 1. The number of halogens is 1. The molecule has 0 aliphatic carbocycles. The number of benzene rings is 1. The molecule has 3 heterocycles. The SMILES string of the molecule is COC1CN(c2nc(C(=O)Nc3ccc(CN4CCOCC4)cc3C(=O)N[C@H](C)CF)cs2)C1. The normalized spacial score (nSPS) is 17.8. The molecule has 1 atom stereocenters. The second-order valence-electron chi connectivity index (χ2n) is 8.53. The number of hydrogen-bond donors (Lipinski definition) is 2. The van der Waals surface area contributed by atoms with Gasteiger partial charge in [0.2, 0.25) is 0 Å². The Morgan fingerprint density at radius 1 is 1.29 bits per heavy atom. The summed E-state index contributed by atoms with van der Waals surface area (Å²) in [6.07, 6.45) is 0.185. The van der Waals surface area contributed by atoms with Gasteiger partial charge in [-0.05, 0) is 24.6 Å². The molecule has 9 nitrogen and oxygen atoms in total. The topological polar surface area (TPSA) is 96.0 Å². The Hall–Kier alpha value is -2.60. The minimum absolute atomic E-state index is 0.185. The lowest BCUT2D eigenvalue weighted by Gasteiger charge is -2.37. The summed E-state index contributed by atoms with van der Waals surface area (Å²) < 4.78 is 23.7. The predicted octanol–water partition coefficient (Wildman–Crippen LogP) is 2.15. The van der Waals surface area contributed by atoms with Gasteiger partial charge in [0.15, 0.2) is 5.13 Å². The summed E-state index contributed by atoms with van der Waals surface area (Å²) in [6, 6.07) is 4.72. The number of nitrogens with one attached hydrogen (secondary N) is 2. The molecule has 0 bridgehead atoms. The van der Waals surface area contributed by atoms with Gasteiger partial charge in [-0.1, -0.05) is 6.07 Å². The Morgan fingerprint density at radius 2 is 2.06 bits per heavy atom. The van der Waals surface area contributed by atoms with E-state index >= 15 is 0 Å². The Balaban J connectivity index is 1.49. The van der Waals surface area contributed by atoms with Gasteiger partial charge in [-0.25, -0.2) is 9.37 Å². The van der Waals surface area contributed by atoms with Gasteiger partial charge in [0.25, 0.3) is 11.8 Å². The summed E-state index contributed by atoms with van der Waals surface area (Å²) in [6.45, 7) is 6.03. The lowest BCUT2D eigenvalue weighted by atomic mass is 10.1. The molecule has 1 aromatic carbocycles. The van der Waals surface area contributed by atoms with Gasteiger partial charge in [0.1, 0.15) is 12.4 Å². The number of morpholine rings is 1. The lowest BCUT2D eigenvalue weighted by molar-refractivity contribution is 0.0342. The quantitative estimate of drug-likeness (QED) is 0.555. The van der Waals surface area contributed by atoms with E-state index in [1.807, 2.05) is 11.0 Å². The third-order valence-corrected chi connectivity index (χ3v) is 6.77. The van der Waals surface area contributed by atoms with Crippen molar-refractivity contribution in [1.82, 2.24) is 15.2 Å². The van der Waals surface area contributed by atoms with Crippen molar-refractivity contribution >= 4 is 34.0 Å². The maximum Gasteiger partial charge on any atom is 0.275 e. The summed E-state index contributed by atoms with van der Waals surface area (Å²) in [7, 11) is 1.68. The zero-order valence-electron chi connectivity index (χ0n) is 19.4. The number of carbonyl (C=O) groups is 2. The summed E-state index contributed by atoms with van der Waals surface area (Å²) in [5.41, 5.74) is 1.86. The number of aromatic nitrogens is 1. The summed E-state index contributed by atoms with van der Waals surface area (Å²) in [4.78, 5) is 34.5. The number of nitrogens with zero attached hydrogens (tertiary/aromatic N) is 3. The first kappa shape index (κ1) is 24.5. The fraction of sp³-hybridized carbons (Fsp3) is 0.522. The van der Waals surface area contributed by atoms with Gasteiger partial charge >= 0.3 is 0 Å². The predicted molar refractivity (Wildman–Crippen MR) is 129 cm³/mol. The molecule has 2 saturated heterocycles. The van der Waals surface area contributed by atoms with Crippen LogP contribution in [0.25, 0.3) is 0 Å². The van der Waals surface area contributed by atoms with E-state index in [1.54, 1.807) is 31.5 Å². The smallest absolute Gasteiger partial charge is 0.275 e. The largest absolute Gasteiger partial charge is 0.379 e. The van der Waals surface area contributed by atoms with Crippen LogP contribution in [0.1, 0.15) is 33.3 Å². The van der Waals surface area contributed by atoms with Crippen molar-refractivity contribution in [1.29, 1.82) is 0 Å². The first-order valence-electron chi connectivity index (χ1n) is 11.3. The maximum atomic E-state index is 13.0. The Labute approximate surface area is 202 Å².